The molecule has 1 aliphatic heterocycles. The van der Waals surface area contributed by atoms with Crippen LogP contribution in [0.15, 0.2) is 6.20 Å². The molecule has 2 heterocycles. The number of halogens is 1. The number of anilines is 1. The van der Waals surface area contributed by atoms with Crippen molar-refractivity contribution in [1.29, 1.82) is 0 Å². The molecule has 6 heteroatoms. The SMILES string of the molecule is Cc1cnc(NC(=O)C2CCCNC2)s1.Cl. The van der Waals surface area contributed by atoms with E-state index in [1.54, 1.807) is 6.20 Å². The van der Waals surface area contributed by atoms with Crippen molar-refractivity contribution in [2.75, 3.05) is 18.4 Å². The van der Waals surface area contributed by atoms with E-state index in [1.165, 1.54) is 11.3 Å². The summed E-state index contributed by atoms with van der Waals surface area (Å²) >= 11 is 1.52. The molecule has 0 bridgehead atoms. The highest BCUT2D eigenvalue weighted by molar-refractivity contribution is 7.15. The Morgan fingerprint density at radius 3 is 3.06 bits per heavy atom. The van der Waals surface area contributed by atoms with Gasteiger partial charge in [-0.1, -0.05) is 0 Å². The Hall–Kier alpha value is -0.650. The Morgan fingerprint density at radius 2 is 2.50 bits per heavy atom. The Morgan fingerprint density at radius 1 is 1.69 bits per heavy atom. The third kappa shape index (κ3) is 3.43. The van der Waals surface area contributed by atoms with Gasteiger partial charge in [-0.05, 0) is 26.3 Å². The maximum absolute atomic E-state index is 11.8. The summed E-state index contributed by atoms with van der Waals surface area (Å²) in [7, 11) is 0. The summed E-state index contributed by atoms with van der Waals surface area (Å²) in [6.45, 7) is 3.80. The lowest BCUT2D eigenvalue weighted by atomic mass is 9.99. The van der Waals surface area contributed by atoms with Gasteiger partial charge in [0, 0.05) is 17.6 Å². The number of hydrogen-bond acceptors (Lipinski definition) is 4. The third-order valence-corrected chi connectivity index (χ3v) is 3.35. The highest BCUT2D eigenvalue weighted by Crippen LogP contribution is 2.18. The van der Waals surface area contributed by atoms with E-state index in [9.17, 15) is 4.79 Å². The maximum Gasteiger partial charge on any atom is 0.230 e. The molecule has 0 spiro atoms. The molecule has 0 aromatic carbocycles. The normalized spacial score (nSPS) is 19.9. The van der Waals surface area contributed by atoms with Crippen molar-refractivity contribution in [1.82, 2.24) is 10.3 Å². The van der Waals surface area contributed by atoms with E-state index in [0.29, 0.717) is 5.13 Å². The molecule has 1 amide bonds. The van der Waals surface area contributed by atoms with Crippen LogP contribution in [-0.4, -0.2) is 24.0 Å². The molecule has 1 aliphatic rings. The van der Waals surface area contributed by atoms with Crippen LogP contribution in [0.2, 0.25) is 0 Å². The van der Waals surface area contributed by atoms with Crippen LogP contribution in [0, 0.1) is 12.8 Å². The van der Waals surface area contributed by atoms with Crippen molar-refractivity contribution in [3.8, 4) is 0 Å². The number of hydrogen-bond donors (Lipinski definition) is 2. The number of aromatic nitrogens is 1. The molecule has 90 valence electrons. The summed E-state index contributed by atoms with van der Waals surface area (Å²) in [6, 6.07) is 0. The lowest BCUT2D eigenvalue weighted by molar-refractivity contribution is -0.120. The van der Waals surface area contributed by atoms with Crippen LogP contribution in [0.25, 0.3) is 0 Å². The average Bonchev–Trinajstić information content (AvgIpc) is 2.65. The molecule has 2 rings (SSSR count). The fourth-order valence-electron chi connectivity index (χ4n) is 1.70. The van der Waals surface area contributed by atoms with Crippen molar-refractivity contribution < 1.29 is 4.79 Å². The van der Waals surface area contributed by atoms with Crippen molar-refractivity contribution >= 4 is 34.8 Å². The summed E-state index contributed by atoms with van der Waals surface area (Å²) in [5.41, 5.74) is 0. The Bertz CT molecular complexity index is 350. The van der Waals surface area contributed by atoms with Gasteiger partial charge in [-0.25, -0.2) is 4.98 Å². The molecule has 1 aromatic heterocycles. The Kier molecular flexibility index (Phi) is 5.18. The highest BCUT2D eigenvalue weighted by atomic mass is 35.5. The van der Waals surface area contributed by atoms with E-state index in [2.05, 4.69) is 15.6 Å². The molecule has 0 saturated carbocycles. The van der Waals surface area contributed by atoms with Gasteiger partial charge in [-0.2, -0.15) is 0 Å². The molecule has 1 unspecified atom stereocenters. The minimum Gasteiger partial charge on any atom is -0.316 e. The zero-order valence-corrected chi connectivity index (χ0v) is 10.8. The van der Waals surface area contributed by atoms with Gasteiger partial charge in [0.15, 0.2) is 5.13 Å². The fraction of sp³-hybridized carbons (Fsp3) is 0.600. The van der Waals surface area contributed by atoms with E-state index in [1.807, 2.05) is 6.92 Å². The topological polar surface area (TPSA) is 54.0 Å². The molecule has 1 aromatic rings. The first-order valence-electron chi connectivity index (χ1n) is 5.20. The second-order valence-electron chi connectivity index (χ2n) is 3.81. The zero-order chi connectivity index (χ0) is 10.7. The summed E-state index contributed by atoms with van der Waals surface area (Å²) in [5.74, 6) is 0.194. The molecule has 0 aliphatic carbocycles. The Labute approximate surface area is 105 Å². The molecule has 1 fully saturated rings. The lowest BCUT2D eigenvalue weighted by Crippen LogP contribution is -2.37. The number of thiazole rings is 1. The maximum atomic E-state index is 11.8. The minimum atomic E-state index is 0. The van der Waals surface area contributed by atoms with Gasteiger partial charge >= 0.3 is 0 Å². The van der Waals surface area contributed by atoms with E-state index in [-0.39, 0.29) is 24.2 Å². The van der Waals surface area contributed by atoms with Crippen molar-refractivity contribution in [3.63, 3.8) is 0 Å². The number of aryl methyl sites for hydroxylation is 1. The highest BCUT2D eigenvalue weighted by Gasteiger charge is 2.21. The number of nitrogens with one attached hydrogen (secondary N) is 2. The van der Waals surface area contributed by atoms with Crippen LogP contribution in [0.1, 0.15) is 17.7 Å². The standard InChI is InChI=1S/C10H15N3OS.ClH/c1-7-5-12-10(15-7)13-9(14)8-3-2-4-11-6-8;/h5,8,11H,2-4,6H2,1H3,(H,12,13,14);1H. The van der Waals surface area contributed by atoms with E-state index < -0.39 is 0 Å². The summed E-state index contributed by atoms with van der Waals surface area (Å²) in [4.78, 5) is 17.0. The van der Waals surface area contributed by atoms with Gasteiger partial charge in [-0.15, -0.1) is 23.7 Å². The Balaban J connectivity index is 0.00000128. The zero-order valence-electron chi connectivity index (χ0n) is 9.16. The first-order valence-corrected chi connectivity index (χ1v) is 6.01. The third-order valence-electron chi connectivity index (χ3n) is 2.52. The van der Waals surface area contributed by atoms with Crippen LogP contribution in [0.5, 0.6) is 0 Å². The smallest absolute Gasteiger partial charge is 0.230 e. The number of carbonyl (C=O) groups is 1. The van der Waals surface area contributed by atoms with E-state index >= 15 is 0 Å². The van der Waals surface area contributed by atoms with Crippen LogP contribution < -0.4 is 10.6 Å². The van der Waals surface area contributed by atoms with Gasteiger partial charge < -0.3 is 10.6 Å². The number of nitrogens with zero attached hydrogens (tertiary/aromatic N) is 1. The summed E-state index contributed by atoms with van der Waals surface area (Å²) in [6.07, 6.45) is 3.83. The largest absolute Gasteiger partial charge is 0.316 e. The number of carbonyl (C=O) groups excluding carboxylic acids is 1. The predicted octanol–water partition coefficient (Wildman–Crippen LogP) is 1.81. The molecule has 1 saturated heterocycles. The lowest BCUT2D eigenvalue weighted by Gasteiger charge is -2.21. The van der Waals surface area contributed by atoms with Crippen LogP contribution in [0.3, 0.4) is 0 Å². The van der Waals surface area contributed by atoms with Crippen LogP contribution in [0.4, 0.5) is 5.13 Å². The molecular formula is C10H16ClN3OS. The number of piperidine rings is 1. The van der Waals surface area contributed by atoms with Crippen molar-refractivity contribution in [2.24, 2.45) is 5.92 Å². The molecule has 2 N–H and O–H groups in total. The fourth-order valence-corrected chi connectivity index (χ4v) is 2.36. The van der Waals surface area contributed by atoms with Gasteiger partial charge in [0.2, 0.25) is 5.91 Å². The van der Waals surface area contributed by atoms with E-state index in [0.717, 1.165) is 30.8 Å². The molecular weight excluding hydrogens is 246 g/mol. The summed E-state index contributed by atoms with van der Waals surface area (Å²) in [5, 5.41) is 6.80. The first-order chi connectivity index (χ1) is 7.25. The van der Waals surface area contributed by atoms with Gasteiger partial charge in [-0.3, -0.25) is 4.79 Å². The monoisotopic (exact) mass is 261 g/mol. The second-order valence-corrected chi connectivity index (χ2v) is 5.04. The van der Waals surface area contributed by atoms with Crippen molar-refractivity contribution in [3.05, 3.63) is 11.1 Å². The second kappa shape index (κ2) is 6.18. The van der Waals surface area contributed by atoms with Gasteiger partial charge in [0.1, 0.15) is 0 Å². The quantitative estimate of drug-likeness (QED) is 0.854. The predicted molar refractivity (Wildman–Crippen MR) is 68.3 cm³/mol. The van der Waals surface area contributed by atoms with Gasteiger partial charge in [0.25, 0.3) is 0 Å². The van der Waals surface area contributed by atoms with Crippen LogP contribution >= 0.6 is 23.7 Å². The molecule has 0 radical (unpaired) electrons. The first kappa shape index (κ1) is 13.4. The van der Waals surface area contributed by atoms with Gasteiger partial charge in [0.05, 0.1) is 5.92 Å². The van der Waals surface area contributed by atoms with E-state index in [4.69, 9.17) is 0 Å². The number of rotatable bonds is 2. The minimum absolute atomic E-state index is 0. The van der Waals surface area contributed by atoms with Crippen LogP contribution in [-0.2, 0) is 4.79 Å². The molecule has 16 heavy (non-hydrogen) atoms. The van der Waals surface area contributed by atoms with Crippen molar-refractivity contribution in [2.45, 2.75) is 19.8 Å². The molecule has 1 atom stereocenters. The summed E-state index contributed by atoms with van der Waals surface area (Å²) < 4.78 is 0. The number of amides is 1. The molecule has 4 nitrogen and oxygen atoms in total. The average molecular weight is 262 g/mol.